The molecule has 4 aromatic carbocycles. The summed E-state index contributed by atoms with van der Waals surface area (Å²) in [5.74, 6) is 0.122. The summed E-state index contributed by atoms with van der Waals surface area (Å²) in [6.45, 7) is 2.24. The Labute approximate surface area is 214 Å². The summed E-state index contributed by atoms with van der Waals surface area (Å²) in [6, 6.07) is 30.5. The number of rotatable bonds is 7. The SMILES string of the molecule is CCCCc1c([CH2][Ti]([NH2])([Cl])[Cl])c(C2C(c3ccccc3)=Cc3ccccc32)cc2ccccc12. The molecule has 0 saturated heterocycles. The van der Waals surface area contributed by atoms with Crippen LogP contribution in [0.4, 0.5) is 0 Å². The van der Waals surface area contributed by atoms with Gasteiger partial charge in [0.2, 0.25) is 0 Å². The Kier molecular flexibility index (Phi) is 7.03. The molecule has 1 nitrogen and oxygen atoms in total. The van der Waals surface area contributed by atoms with Gasteiger partial charge in [-0.05, 0) is 0 Å². The van der Waals surface area contributed by atoms with Gasteiger partial charge in [-0.1, -0.05) is 0 Å². The van der Waals surface area contributed by atoms with Gasteiger partial charge in [-0.25, -0.2) is 0 Å². The number of hydrogen-bond acceptors (Lipinski definition) is 1. The van der Waals surface area contributed by atoms with E-state index in [9.17, 15) is 0 Å². The molecule has 0 radical (unpaired) electrons. The van der Waals surface area contributed by atoms with Gasteiger partial charge in [0, 0.05) is 0 Å². The van der Waals surface area contributed by atoms with Crippen LogP contribution in [0, 0.1) is 0 Å². The Bertz CT molecular complexity index is 1360. The van der Waals surface area contributed by atoms with Crippen molar-refractivity contribution in [3.8, 4) is 0 Å². The van der Waals surface area contributed by atoms with Gasteiger partial charge in [0.05, 0.1) is 0 Å². The van der Waals surface area contributed by atoms with E-state index in [1.54, 1.807) is 0 Å². The third-order valence-corrected chi connectivity index (χ3v) is 9.24. The summed E-state index contributed by atoms with van der Waals surface area (Å²) in [5.41, 5.74) is 9.11. The van der Waals surface area contributed by atoms with Gasteiger partial charge in [0.15, 0.2) is 0 Å². The Morgan fingerprint density at radius 1 is 0.824 bits per heavy atom. The van der Waals surface area contributed by atoms with Crippen LogP contribution in [0.15, 0.2) is 84.9 Å². The summed E-state index contributed by atoms with van der Waals surface area (Å²) in [6.07, 6.45) is 5.61. The van der Waals surface area contributed by atoms with Gasteiger partial charge in [-0.15, -0.1) is 0 Å². The molecule has 0 fully saturated rings. The maximum atomic E-state index is 6.67. The van der Waals surface area contributed by atoms with Crippen molar-refractivity contribution in [2.75, 3.05) is 0 Å². The first-order valence-corrected chi connectivity index (χ1v) is 18.3. The second kappa shape index (κ2) is 10.0. The molecular weight excluding hydrogens is 493 g/mol. The van der Waals surface area contributed by atoms with Gasteiger partial charge in [0.1, 0.15) is 0 Å². The molecule has 1 aliphatic rings. The van der Waals surface area contributed by atoms with Crippen LogP contribution >= 0.6 is 18.6 Å². The van der Waals surface area contributed by atoms with Crippen molar-refractivity contribution >= 4 is 41.0 Å². The van der Waals surface area contributed by atoms with Crippen LogP contribution in [-0.2, 0) is 25.9 Å². The van der Waals surface area contributed by atoms with Gasteiger partial charge in [-0.2, -0.15) is 0 Å². The van der Waals surface area contributed by atoms with Crippen LogP contribution in [-0.4, -0.2) is 0 Å². The Morgan fingerprint density at radius 2 is 1.53 bits per heavy atom. The molecule has 5 rings (SSSR count). The van der Waals surface area contributed by atoms with Crippen molar-refractivity contribution in [2.24, 2.45) is 4.22 Å². The summed E-state index contributed by atoms with van der Waals surface area (Å²) in [7, 11) is 13.3. The van der Waals surface area contributed by atoms with Crippen LogP contribution in [0.3, 0.4) is 0 Å². The van der Waals surface area contributed by atoms with E-state index < -0.39 is 14.7 Å². The number of benzene rings is 4. The molecule has 1 atom stereocenters. The van der Waals surface area contributed by atoms with E-state index in [1.165, 1.54) is 49.7 Å². The molecule has 34 heavy (non-hydrogen) atoms. The molecule has 0 aliphatic heterocycles. The zero-order chi connectivity index (χ0) is 23.7. The summed E-state index contributed by atoms with van der Waals surface area (Å²) < 4.78 is 7.01. The van der Waals surface area contributed by atoms with Crippen molar-refractivity contribution in [3.63, 3.8) is 0 Å². The molecular formula is C30H29Cl2NTi. The number of halogens is 2. The van der Waals surface area contributed by atoms with Crippen molar-refractivity contribution in [1.29, 1.82) is 0 Å². The van der Waals surface area contributed by atoms with Crippen molar-refractivity contribution in [1.82, 2.24) is 0 Å². The molecule has 4 heteroatoms. The molecule has 1 unspecified atom stereocenters. The van der Waals surface area contributed by atoms with Crippen molar-refractivity contribution in [2.45, 2.75) is 36.8 Å². The zero-order valence-electron chi connectivity index (χ0n) is 19.4. The first kappa shape index (κ1) is 23.9. The second-order valence-electron chi connectivity index (χ2n) is 9.21. The van der Waals surface area contributed by atoms with Gasteiger partial charge < -0.3 is 0 Å². The average molecular weight is 522 g/mol. The van der Waals surface area contributed by atoms with Gasteiger partial charge >= 0.3 is 215 Å². The number of allylic oxidation sites excluding steroid dienone is 1. The fourth-order valence-corrected chi connectivity index (χ4v) is 7.86. The van der Waals surface area contributed by atoms with E-state index in [2.05, 4.69) is 97.9 Å². The summed E-state index contributed by atoms with van der Waals surface area (Å²) in [4.78, 5) is 0. The van der Waals surface area contributed by atoms with Crippen LogP contribution < -0.4 is 4.22 Å². The van der Waals surface area contributed by atoms with Crippen molar-refractivity contribution in [3.05, 3.63) is 118 Å². The van der Waals surface area contributed by atoms with E-state index in [-0.39, 0.29) is 5.92 Å². The number of aryl methyl sites for hydroxylation is 1. The number of hydrogen-bond donors (Lipinski definition) is 1. The Hall–Kier alpha value is -1.87. The number of unbranched alkanes of at least 4 members (excludes halogenated alkanes) is 1. The van der Waals surface area contributed by atoms with Crippen molar-refractivity contribution < 1.29 is 14.7 Å². The van der Waals surface area contributed by atoms with Crippen LogP contribution in [0.2, 0.25) is 0 Å². The first-order chi connectivity index (χ1) is 16.5. The molecule has 0 aromatic heterocycles. The fourth-order valence-electron chi connectivity index (χ4n) is 5.37. The van der Waals surface area contributed by atoms with E-state index in [1.807, 2.05) is 0 Å². The normalized spacial score (nSPS) is 15.4. The van der Waals surface area contributed by atoms with Gasteiger partial charge in [0.25, 0.3) is 0 Å². The monoisotopic (exact) mass is 521 g/mol. The van der Waals surface area contributed by atoms with E-state index >= 15 is 0 Å². The molecule has 0 bridgehead atoms. The minimum atomic E-state index is -3.45. The molecule has 0 heterocycles. The molecule has 0 amide bonds. The maximum absolute atomic E-state index is 6.67. The summed E-state index contributed by atoms with van der Waals surface area (Å²) in [5, 5.41) is 2.56. The van der Waals surface area contributed by atoms with E-state index in [4.69, 9.17) is 22.8 Å². The summed E-state index contributed by atoms with van der Waals surface area (Å²) >= 11 is -3.45. The first-order valence-electron chi connectivity index (χ1n) is 12.0. The Morgan fingerprint density at radius 3 is 2.29 bits per heavy atom. The standard InChI is InChI=1S/C30H27.2ClH.H2N.Ti/c1-3-4-16-25-21(2)28(19-23-14-8-10-17-26(23)25)30-27-18-11-9-15-24(27)20-29(30)22-12-6-5-7-13-22;;;;/h5-15,17-20,30H,2-4,16H2,1H3;2*1H;1H2;/q;;;-1;+3/p-2. The van der Waals surface area contributed by atoms with E-state index in [0.717, 1.165) is 19.3 Å². The predicted octanol–water partition coefficient (Wildman–Crippen LogP) is 8.70. The third kappa shape index (κ3) is 4.78. The molecule has 0 spiro atoms. The molecule has 172 valence electrons. The van der Waals surface area contributed by atoms with Crippen LogP contribution in [0.25, 0.3) is 22.4 Å². The zero-order valence-corrected chi connectivity index (χ0v) is 22.5. The third-order valence-electron chi connectivity index (χ3n) is 6.85. The number of nitrogens with two attached hydrogens (primary N) is 1. The number of fused-ring (bicyclic) bond motifs is 2. The van der Waals surface area contributed by atoms with Gasteiger partial charge in [-0.3, -0.25) is 0 Å². The van der Waals surface area contributed by atoms with E-state index in [0.29, 0.717) is 4.73 Å². The fraction of sp³-hybridized carbons (Fsp3) is 0.200. The van der Waals surface area contributed by atoms with Crippen LogP contribution in [0.5, 0.6) is 0 Å². The topological polar surface area (TPSA) is 26.0 Å². The molecule has 0 saturated carbocycles. The van der Waals surface area contributed by atoms with Crippen LogP contribution in [0.1, 0.15) is 59.1 Å². The average Bonchev–Trinajstić information content (AvgIpc) is 3.22. The Balaban J connectivity index is 1.81. The minimum absolute atomic E-state index is 0.122. The second-order valence-corrected chi connectivity index (χ2v) is 18.5. The molecule has 4 aromatic rings. The molecule has 1 aliphatic carbocycles. The molecule has 2 N–H and O–H groups in total. The quantitative estimate of drug-likeness (QED) is 0.242. The predicted molar refractivity (Wildman–Crippen MR) is 145 cm³/mol.